The molecule has 0 aliphatic carbocycles. The third-order valence-electron chi connectivity index (χ3n) is 4.15. The van der Waals surface area contributed by atoms with Crippen molar-refractivity contribution >= 4 is 0 Å². The van der Waals surface area contributed by atoms with E-state index >= 15 is 0 Å². The van der Waals surface area contributed by atoms with Crippen molar-refractivity contribution in [3.8, 4) is 0 Å². The van der Waals surface area contributed by atoms with Gasteiger partial charge in [0, 0.05) is 39.3 Å². The molecule has 0 unspecified atom stereocenters. The van der Waals surface area contributed by atoms with E-state index < -0.39 is 11.7 Å². The van der Waals surface area contributed by atoms with E-state index in [1.807, 2.05) is 44.4 Å². The van der Waals surface area contributed by atoms with Gasteiger partial charge in [-0.2, -0.15) is 13.2 Å². The highest BCUT2D eigenvalue weighted by molar-refractivity contribution is 5.34. The normalized spacial score (nSPS) is 15.6. The van der Waals surface area contributed by atoms with E-state index in [0.717, 1.165) is 0 Å². The van der Waals surface area contributed by atoms with Crippen LogP contribution < -0.4 is 0 Å². The van der Waals surface area contributed by atoms with E-state index in [-0.39, 0.29) is 6.67 Å². The van der Waals surface area contributed by atoms with Gasteiger partial charge < -0.3 is 0 Å². The molecule has 6 heteroatoms. The molecule has 152 valence electrons. The van der Waals surface area contributed by atoms with Gasteiger partial charge >= 0.3 is 6.18 Å². The van der Waals surface area contributed by atoms with Crippen LogP contribution in [0.3, 0.4) is 0 Å². The standard InChI is InChI=1S/C16H22F4N2.2C2H6/c1-2-13-3-4-14(15(11-13)16(18,19)20)12-22-9-7-21(6-5-17)8-10-22;2*1-2/h3-4,11H,2,5-10,12H2,1H3;2*1-2H3. The number of piperazine rings is 1. The van der Waals surface area contributed by atoms with Crippen molar-refractivity contribution < 1.29 is 17.6 Å². The van der Waals surface area contributed by atoms with Crippen LogP contribution in [0.25, 0.3) is 0 Å². The Balaban J connectivity index is 0.00000146. The molecular formula is C20H34F4N2. The van der Waals surface area contributed by atoms with E-state index in [4.69, 9.17) is 0 Å². The van der Waals surface area contributed by atoms with Crippen molar-refractivity contribution in [2.45, 2.75) is 53.8 Å². The second-order valence-electron chi connectivity index (χ2n) is 5.65. The van der Waals surface area contributed by atoms with Crippen LogP contribution in [0.1, 0.15) is 51.3 Å². The Kier molecular flexibility index (Phi) is 12.5. The lowest BCUT2D eigenvalue weighted by atomic mass is 10.0. The molecule has 0 atom stereocenters. The summed E-state index contributed by atoms with van der Waals surface area (Å²) in [7, 11) is 0. The maximum Gasteiger partial charge on any atom is 0.416 e. The number of hydrogen-bond donors (Lipinski definition) is 0. The molecule has 1 aromatic carbocycles. The fourth-order valence-corrected chi connectivity index (χ4v) is 2.78. The maximum absolute atomic E-state index is 13.2. The Morgan fingerprint density at radius 2 is 1.46 bits per heavy atom. The molecule has 2 nitrogen and oxygen atoms in total. The van der Waals surface area contributed by atoms with Crippen LogP contribution in [0.5, 0.6) is 0 Å². The quantitative estimate of drug-likeness (QED) is 0.632. The number of hydrogen-bond acceptors (Lipinski definition) is 2. The van der Waals surface area contributed by atoms with Crippen molar-refractivity contribution in [1.82, 2.24) is 9.80 Å². The molecule has 0 spiro atoms. The second kappa shape index (κ2) is 13.1. The summed E-state index contributed by atoms with van der Waals surface area (Å²) in [6.07, 6.45) is -3.73. The van der Waals surface area contributed by atoms with Gasteiger partial charge in [-0.05, 0) is 23.6 Å². The van der Waals surface area contributed by atoms with E-state index in [9.17, 15) is 17.6 Å². The summed E-state index contributed by atoms with van der Waals surface area (Å²) >= 11 is 0. The molecule has 1 heterocycles. The van der Waals surface area contributed by atoms with Gasteiger partial charge in [-0.25, -0.2) is 4.39 Å². The number of benzene rings is 1. The molecule has 1 aliphatic rings. The summed E-state index contributed by atoms with van der Waals surface area (Å²) in [5, 5.41) is 0. The summed E-state index contributed by atoms with van der Waals surface area (Å²) in [4.78, 5) is 4.01. The van der Waals surface area contributed by atoms with E-state index in [2.05, 4.69) is 0 Å². The first kappa shape index (κ1) is 24.9. The highest BCUT2D eigenvalue weighted by atomic mass is 19.4. The lowest BCUT2D eigenvalue weighted by molar-refractivity contribution is -0.138. The lowest BCUT2D eigenvalue weighted by Gasteiger charge is -2.34. The van der Waals surface area contributed by atoms with Gasteiger partial charge in [-0.15, -0.1) is 0 Å². The van der Waals surface area contributed by atoms with E-state index in [1.165, 1.54) is 6.07 Å². The Morgan fingerprint density at radius 3 is 1.92 bits per heavy atom. The van der Waals surface area contributed by atoms with Crippen LogP contribution in [-0.4, -0.2) is 49.2 Å². The minimum Gasteiger partial charge on any atom is -0.298 e. The molecule has 1 saturated heterocycles. The highest BCUT2D eigenvalue weighted by Crippen LogP contribution is 2.33. The maximum atomic E-state index is 13.2. The first-order chi connectivity index (χ1) is 12.4. The Morgan fingerprint density at radius 1 is 0.923 bits per heavy atom. The average molecular weight is 378 g/mol. The number of alkyl halides is 4. The molecular weight excluding hydrogens is 344 g/mol. The number of halogens is 4. The predicted octanol–water partition coefficient (Wildman–Crippen LogP) is 5.41. The van der Waals surface area contributed by atoms with Crippen molar-refractivity contribution in [2.75, 3.05) is 39.4 Å². The molecule has 0 radical (unpaired) electrons. The van der Waals surface area contributed by atoms with Gasteiger partial charge in [0.1, 0.15) is 6.67 Å². The molecule has 26 heavy (non-hydrogen) atoms. The molecule has 1 aromatic rings. The molecule has 0 saturated carbocycles. The smallest absolute Gasteiger partial charge is 0.298 e. The van der Waals surface area contributed by atoms with Crippen molar-refractivity contribution in [1.29, 1.82) is 0 Å². The predicted molar refractivity (Wildman–Crippen MR) is 101 cm³/mol. The molecule has 1 aliphatic heterocycles. The van der Waals surface area contributed by atoms with Gasteiger partial charge in [-0.3, -0.25) is 9.80 Å². The minimum absolute atomic E-state index is 0.294. The van der Waals surface area contributed by atoms with Crippen LogP contribution in [0, 0.1) is 0 Å². The average Bonchev–Trinajstić information content (AvgIpc) is 2.66. The second-order valence-corrected chi connectivity index (χ2v) is 5.65. The monoisotopic (exact) mass is 378 g/mol. The summed E-state index contributed by atoms with van der Waals surface area (Å²) in [5.74, 6) is 0. The zero-order chi connectivity index (χ0) is 20.2. The van der Waals surface area contributed by atoms with Crippen molar-refractivity contribution in [2.24, 2.45) is 0 Å². The molecule has 0 N–H and O–H groups in total. The molecule has 2 rings (SSSR count). The largest absolute Gasteiger partial charge is 0.416 e. The molecule has 0 aromatic heterocycles. The van der Waals surface area contributed by atoms with E-state index in [0.29, 0.717) is 56.8 Å². The van der Waals surface area contributed by atoms with Gasteiger partial charge in [0.25, 0.3) is 0 Å². The summed E-state index contributed by atoms with van der Waals surface area (Å²) < 4.78 is 51.9. The van der Waals surface area contributed by atoms with E-state index in [1.54, 1.807) is 12.1 Å². The van der Waals surface area contributed by atoms with Gasteiger partial charge in [0.15, 0.2) is 0 Å². The van der Waals surface area contributed by atoms with Crippen molar-refractivity contribution in [3.05, 3.63) is 34.9 Å². The summed E-state index contributed by atoms with van der Waals surface area (Å²) in [6.45, 7) is 12.9. The highest BCUT2D eigenvalue weighted by Gasteiger charge is 2.34. The number of aryl methyl sites for hydroxylation is 1. The zero-order valence-corrected chi connectivity index (χ0v) is 16.8. The first-order valence-electron chi connectivity index (χ1n) is 9.63. The fourth-order valence-electron chi connectivity index (χ4n) is 2.78. The van der Waals surface area contributed by atoms with Crippen LogP contribution >= 0.6 is 0 Å². The molecule has 1 fully saturated rings. The summed E-state index contributed by atoms with van der Waals surface area (Å²) in [5.41, 5.74) is 0.491. The minimum atomic E-state index is -4.32. The van der Waals surface area contributed by atoms with Crippen molar-refractivity contribution in [3.63, 3.8) is 0 Å². The number of rotatable bonds is 5. The van der Waals surface area contributed by atoms with Gasteiger partial charge in [0.05, 0.1) is 5.56 Å². The molecule has 0 amide bonds. The van der Waals surface area contributed by atoms with Gasteiger partial charge in [-0.1, -0.05) is 46.8 Å². The number of nitrogens with zero attached hydrogens (tertiary/aromatic N) is 2. The zero-order valence-electron chi connectivity index (χ0n) is 16.8. The Hall–Kier alpha value is -1.14. The fraction of sp³-hybridized carbons (Fsp3) is 0.700. The Bertz CT molecular complexity index is 481. The van der Waals surface area contributed by atoms with Crippen LogP contribution in [-0.2, 0) is 19.1 Å². The van der Waals surface area contributed by atoms with Crippen LogP contribution in [0.15, 0.2) is 18.2 Å². The third-order valence-corrected chi connectivity index (χ3v) is 4.15. The van der Waals surface area contributed by atoms with Crippen LogP contribution in [0.4, 0.5) is 17.6 Å². The van der Waals surface area contributed by atoms with Crippen LogP contribution in [0.2, 0.25) is 0 Å². The SMILES string of the molecule is CC.CC.CCc1ccc(CN2CCN(CCF)CC2)c(C(F)(F)F)c1. The molecule has 0 bridgehead atoms. The third kappa shape index (κ3) is 8.04. The Labute approximate surface area is 156 Å². The van der Waals surface area contributed by atoms with Gasteiger partial charge in [0.2, 0.25) is 0 Å². The first-order valence-corrected chi connectivity index (χ1v) is 9.63. The summed E-state index contributed by atoms with van der Waals surface area (Å²) in [6, 6.07) is 4.62. The topological polar surface area (TPSA) is 6.48 Å². The lowest BCUT2D eigenvalue weighted by Crippen LogP contribution is -2.46.